The number of aromatic nitrogens is 4. The van der Waals surface area contributed by atoms with Gasteiger partial charge >= 0.3 is 0 Å². The largest absolute Gasteiger partial charge is 0.272 e. The molecule has 1 aliphatic carbocycles. The van der Waals surface area contributed by atoms with Crippen LogP contribution in [-0.2, 0) is 4.79 Å². The summed E-state index contributed by atoms with van der Waals surface area (Å²) in [6, 6.07) is 7.49. The first-order valence-corrected chi connectivity index (χ1v) is 8.18. The summed E-state index contributed by atoms with van der Waals surface area (Å²) in [5, 5.41) is 12.1. The third-order valence-corrected chi connectivity index (χ3v) is 4.22. The average molecular weight is 332 g/mol. The summed E-state index contributed by atoms with van der Waals surface area (Å²) in [6.45, 7) is 1.90. The van der Waals surface area contributed by atoms with Gasteiger partial charge in [0.2, 0.25) is 11.1 Å². The van der Waals surface area contributed by atoms with Crippen molar-refractivity contribution in [3.05, 3.63) is 35.4 Å². The van der Waals surface area contributed by atoms with Crippen molar-refractivity contribution < 1.29 is 9.59 Å². The SMILES string of the molecule is Cc1cccc(C(=O)NNC(=O)CSc2nnnn2C2CC2)c1. The number of nitrogens with zero attached hydrogens (tertiary/aromatic N) is 4. The molecule has 8 nitrogen and oxygen atoms in total. The van der Waals surface area contributed by atoms with Gasteiger partial charge in [0, 0.05) is 5.56 Å². The zero-order valence-corrected chi connectivity index (χ0v) is 13.3. The van der Waals surface area contributed by atoms with E-state index in [1.807, 2.05) is 13.0 Å². The van der Waals surface area contributed by atoms with Crippen LogP contribution < -0.4 is 10.9 Å². The molecule has 2 amide bonds. The van der Waals surface area contributed by atoms with E-state index in [2.05, 4.69) is 26.4 Å². The molecule has 9 heteroatoms. The fraction of sp³-hybridized carbons (Fsp3) is 0.357. The van der Waals surface area contributed by atoms with Gasteiger partial charge in [-0.1, -0.05) is 29.5 Å². The Balaban J connectivity index is 1.46. The Hall–Kier alpha value is -2.42. The molecule has 1 heterocycles. The number of aryl methyl sites for hydroxylation is 1. The zero-order valence-electron chi connectivity index (χ0n) is 12.5. The number of nitrogens with one attached hydrogen (secondary N) is 2. The summed E-state index contributed by atoms with van der Waals surface area (Å²) >= 11 is 1.24. The van der Waals surface area contributed by atoms with Gasteiger partial charge < -0.3 is 0 Å². The fourth-order valence-corrected chi connectivity index (χ4v) is 2.72. The Morgan fingerprint density at radius 2 is 2.17 bits per heavy atom. The van der Waals surface area contributed by atoms with E-state index in [1.165, 1.54) is 11.8 Å². The van der Waals surface area contributed by atoms with Crippen molar-refractivity contribution >= 4 is 23.6 Å². The second-order valence-corrected chi connectivity index (χ2v) is 6.24. The lowest BCUT2D eigenvalue weighted by molar-refractivity contribution is -0.119. The molecular formula is C14H16N6O2S. The number of hydrazine groups is 1. The van der Waals surface area contributed by atoms with Crippen LogP contribution in [0.1, 0.15) is 34.8 Å². The number of hydrogen-bond donors (Lipinski definition) is 2. The van der Waals surface area contributed by atoms with Gasteiger partial charge in [-0.25, -0.2) is 4.68 Å². The van der Waals surface area contributed by atoms with Crippen molar-refractivity contribution in [3.63, 3.8) is 0 Å². The van der Waals surface area contributed by atoms with Gasteiger partial charge in [-0.2, -0.15) is 0 Å². The first-order valence-electron chi connectivity index (χ1n) is 7.20. The van der Waals surface area contributed by atoms with Crippen molar-refractivity contribution in [2.75, 3.05) is 5.75 Å². The van der Waals surface area contributed by atoms with Gasteiger partial charge in [-0.15, -0.1) is 5.10 Å². The maximum atomic E-state index is 11.9. The van der Waals surface area contributed by atoms with Crippen LogP contribution >= 0.6 is 11.8 Å². The normalized spacial score (nSPS) is 13.6. The standard InChI is InChI=1S/C14H16N6O2S/c1-9-3-2-4-10(7-9)13(22)16-15-12(21)8-23-14-17-18-19-20(14)11-5-6-11/h2-4,7,11H,5-6,8H2,1H3,(H,15,21)(H,16,22). The van der Waals surface area contributed by atoms with Gasteiger partial charge in [-0.3, -0.25) is 20.4 Å². The van der Waals surface area contributed by atoms with Crippen LogP contribution in [0.3, 0.4) is 0 Å². The quantitative estimate of drug-likeness (QED) is 0.622. The van der Waals surface area contributed by atoms with Crippen LogP contribution in [0.4, 0.5) is 0 Å². The Morgan fingerprint density at radius 3 is 2.91 bits per heavy atom. The topological polar surface area (TPSA) is 102 Å². The van der Waals surface area contributed by atoms with Gasteiger partial charge in [0.1, 0.15) is 0 Å². The van der Waals surface area contributed by atoms with Crippen molar-refractivity contribution in [2.45, 2.75) is 31.0 Å². The second kappa shape index (κ2) is 6.78. The molecule has 1 saturated carbocycles. The van der Waals surface area contributed by atoms with Crippen LogP contribution in [0.25, 0.3) is 0 Å². The number of benzene rings is 1. The van der Waals surface area contributed by atoms with Gasteiger partial charge in [0.05, 0.1) is 11.8 Å². The van der Waals surface area contributed by atoms with Crippen molar-refractivity contribution in [2.24, 2.45) is 0 Å². The molecule has 0 aliphatic heterocycles. The van der Waals surface area contributed by atoms with Gasteiger partial charge in [0.25, 0.3) is 5.91 Å². The summed E-state index contributed by atoms with van der Waals surface area (Å²) < 4.78 is 1.74. The highest BCUT2D eigenvalue weighted by Gasteiger charge is 2.28. The lowest BCUT2D eigenvalue weighted by Crippen LogP contribution is -2.42. The van der Waals surface area contributed by atoms with E-state index in [1.54, 1.807) is 22.9 Å². The van der Waals surface area contributed by atoms with E-state index in [0.717, 1.165) is 18.4 Å². The number of tetrazole rings is 1. The van der Waals surface area contributed by atoms with Crippen LogP contribution in [0.15, 0.2) is 29.4 Å². The molecule has 23 heavy (non-hydrogen) atoms. The molecule has 0 unspecified atom stereocenters. The molecule has 0 saturated heterocycles. The molecule has 0 atom stereocenters. The minimum Gasteiger partial charge on any atom is -0.272 e. The molecular weight excluding hydrogens is 316 g/mol. The third kappa shape index (κ3) is 4.07. The average Bonchev–Trinajstić information content (AvgIpc) is 3.29. The monoisotopic (exact) mass is 332 g/mol. The molecule has 0 spiro atoms. The van der Waals surface area contributed by atoms with Crippen LogP contribution in [-0.4, -0.2) is 37.8 Å². The number of carbonyl (C=O) groups is 2. The number of hydrogen-bond acceptors (Lipinski definition) is 6. The molecule has 1 aromatic carbocycles. The number of rotatable bonds is 5. The molecule has 1 aliphatic rings. The summed E-state index contributed by atoms with van der Waals surface area (Å²) in [4.78, 5) is 23.7. The van der Waals surface area contributed by atoms with Gasteiger partial charge in [0.15, 0.2) is 0 Å². The minimum absolute atomic E-state index is 0.126. The lowest BCUT2D eigenvalue weighted by atomic mass is 10.1. The van der Waals surface area contributed by atoms with Crippen molar-refractivity contribution in [1.29, 1.82) is 0 Å². The Kier molecular flexibility index (Phi) is 4.56. The van der Waals surface area contributed by atoms with E-state index < -0.39 is 0 Å². The molecule has 120 valence electrons. The molecule has 0 bridgehead atoms. The summed E-state index contributed by atoms with van der Waals surface area (Å²) in [5.41, 5.74) is 6.26. The number of thioether (sulfide) groups is 1. The summed E-state index contributed by atoms with van der Waals surface area (Å²) in [6.07, 6.45) is 2.13. The predicted octanol–water partition coefficient (Wildman–Crippen LogP) is 0.870. The van der Waals surface area contributed by atoms with Gasteiger partial charge in [-0.05, 0) is 42.3 Å². The number of amides is 2. The first kappa shape index (κ1) is 15.5. The Labute approximate surface area is 137 Å². The van der Waals surface area contributed by atoms with E-state index in [-0.39, 0.29) is 17.6 Å². The molecule has 3 rings (SSSR count). The molecule has 2 aromatic rings. The highest BCUT2D eigenvalue weighted by atomic mass is 32.2. The summed E-state index contributed by atoms with van der Waals surface area (Å²) in [5.74, 6) is -0.544. The Morgan fingerprint density at radius 1 is 1.35 bits per heavy atom. The van der Waals surface area contributed by atoms with Crippen LogP contribution in [0.2, 0.25) is 0 Å². The predicted molar refractivity (Wildman–Crippen MR) is 83.6 cm³/mol. The maximum absolute atomic E-state index is 11.9. The van der Waals surface area contributed by atoms with Crippen molar-refractivity contribution in [1.82, 2.24) is 31.1 Å². The summed E-state index contributed by atoms with van der Waals surface area (Å²) in [7, 11) is 0. The van der Waals surface area contributed by atoms with E-state index in [0.29, 0.717) is 16.8 Å². The maximum Gasteiger partial charge on any atom is 0.269 e. The smallest absolute Gasteiger partial charge is 0.269 e. The van der Waals surface area contributed by atoms with Crippen LogP contribution in [0.5, 0.6) is 0 Å². The lowest BCUT2D eigenvalue weighted by Gasteiger charge is -2.07. The number of carbonyl (C=O) groups excluding carboxylic acids is 2. The third-order valence-electron chi connectivity index (χ3n) is 3.28. The molecule has 1 fully saturated rings. The van der Waals surface area contributed by atoms with E-state index in [9.17, 15) is 9.59 Å². The highest BCUT2D eigenvalue weighted by molar-refractivity contribution is 7.99. The highest BCUT2D eigenvalue weighted by Crippen LogP contribution is 2.36. The molecule has 1 aromatic heterocycles. The van der Waals surface area contributed by atoms with Crippen LogP contribution in [0, 0.1) is 6.92 Å². The first-order chi connectivity index (χ1) is 11.1. The van der Waals surface area contributed by atoms with Crippen molar-refractivity contribution in [3.8, 4) is 0 Å². The van der Waals surface area contributed by atoms with E-state index in [4.69, 9.17) is 0 Å². The Bertz CT molecular complexity index is 728. The van der Waals surface area contributed by atoms with E-state index >= 15 is 0 Å². The minimum atomic E-state index is -0.352. The molecule has 2 N–H and O–H groups in total. The zero-order chi connectivity index (χ0) is 16.2. The fourth-order valence-electron chi connectivity index (χ4n) is 1.98. The second-order valence-electron chi connectivity index (χ2n) is 5.30. The molecule has 0 radical (unpaired) electrons.